The van der Waals surface area contributed by atoms with E-state index in [1.807, 2.05) is 0 Å². The summed E-state index contributed by atoms with van der Waals surface area (Å²) < 4.78 is 17.0. The first-order valence-corrected chi connectivity index (χ1v) is 6.54. The third-order valence-electron chi connectivity index (χ3n) is 3.65. The van der Waals surface area contributed by atoms with E-state index < -0.39 is 42.5 Å². The molecule has 0 aromatic carbocycles. The molecule has 0 aromatic rings. The van der Waals surface area contributed by atoms with Crippen LogP contribution in [0.1, 0.15) is 20.8 Å². The lowest BCUT2D eigenvalue weighted by Crippen LogP contribution is -2.70. The van der Waals surface area contributed by atoms with Crippen LogP contribution in [0, 0.1) is 0 Å². The average Bonchev–Trinajstić information content (AvgIpc) is 2.68. The molecule has 8 heteroatoms. The molecule has 2 heterocycles. The van der Waals surface area contributed by atoms with Crippen LogP contribution in [-0.2, 0) is 19.0 Å². The fraction of sp³-hybridized carbons (Fsp3) is 0.917. The minimum Gasteiger partial charge on any atom is -0.393 e. The number of nitrogens with two attached hydrogens (primary N) is 1. The van der Waals surface area contributed by atoms with Crippen molar-refractivity contribution in [3.8, 4) is 0 Å². The van der Waals surface area contributed by atoms with Crippen molar-refractivity contribution in [2.45, 2.75) is 56.7 Å². The largest absolute Gasteiger partial charge is 0.393 e. The van der Waals surface area contributed by atoms with Crippen LogP contribution in [0.25, 0.3) is 0 Å². The van der Waals surface area contributed by atoms with Crippen LogP contribution in [0.5, 0.6) is 0 Å². The predicted octanol–water partition coefficient (Wildman–Crippen LogP) is -1.95. The lowest BCUT2D eigenvalue weighted by atomic mass is 9.86. The average molecular weight is 290 g/mol. The first-order chi connectivity index (χ1) is 9.24. The molecule has 2 fully saturated rings. The van der Waals surface area contributed by atoms with Crippen molar-refractivity contribution in [3.05, 3.63) is 0 Å². The van der Waals surface area contributed by atoms with Crippen LogP contribution in [-0.4, -0.2) is 65.2 Å². The molecule has 0 aliphatic carbocycles. The van der Waals surface area contributed by atoms with Gasteiger partial charge in [0.05, 0.1) is 6.61 Å². The molecule has 0 bridgehead atoms. The van der Waals surface area contributed by atoms with Crippen molar-refractivity contribution in [1.82, 2.24) is 5.32 Å². The van der Waals surface area contributed by atoms with Gasteiger partial charge in [-0.1, -0.05) is 0 Å². The standard InChI is InChI=1S/C12H22N2O6/c1-6(16)14-7-8-9(19-11(2,3)18-8)12(4-13,5-15)20-10(7)17/h7-10,15,17H,4-5,13H2,1-3H3,(H,14,16)/t7-,8-,9-,10?,12?/m1/s1. The molecule has 2 aliphatic rings. The van der Waals surface area contributed by atoms with E-state index in [9.17, 15) is 15.0 Å². The number of hydrogen-bond acceptors (Lipinski definition) is 7. The van der Waals surface area contributed by atoms with Gasteiger partial charge < -0.3 is 35.5 Å². The maximum Gasteiger partial charge on any atom is 0.217 e. The van der Waals surface area contributed by atoms with Crippen molar-refractivity contribution < 1.29 is 29.2 Å². The van der Waals surface area contributed by atoms with Gasteiger partial charge in [0.1, 0.15) is 23.9 Å². The Morgan fingerprint density at radius 1 is 1.35 bits per heavy atom. The normalized spacial score (nSPS) is 43.1. The molecule has 0 radical (unpaired) electrons. The second-order valence-electron chi connectivity index (χ2n) is 5.68. The Hall–Kier alpha value is -0.770. The first-order valence-electron chi connectivity index (χ1n) is 6.54. The van der Waals surface area contributed by atoms with E-state index in [1.54, 1.807) is 13.8 Å². The molecule has 5 atom stereocenters. The number of hydrogen-bond donors (Lipinski definition) is 4. The van der Waals surface area contributed by atoms with Gasteiger partial charge in [-0.05, 0) is 13.8 Å². The number of aliphatic hydroxyl groups excluding tert-OH is 2. The lowest BCUT2D eigenvalue weighted by molar-refractivity contribution is -0.278. The van der Waals surface area contributed by atoms with E-state index in [0.717, 1.165) is 0 Å². The SMILES string of the molecule is CC(=O)N[C@H]1C(O)OC(CN)(CO)[C@@H]2OC(C)(C)O[C@@H]21. The molecule has 2 aliphatic heterocycles. The number of carbonyl (C=O) groups is 1. The molecule has 0 saturated carbocycles. The number of ether oxygens (including phenoxy) is 3. The summed E-state index contributed by atoms with van der Waals surface area (Å²) in [5.74, 6) is -1.25. The molecule has 2 rings (SSSR count). The molecule has 8 nitrogen and oxygen atoms in total. The summed E-state index contributed by atoms with van der Waals surface area (Å²) >= 11 is 0. The van der Waals surface area contributed by atoms with Gasteiger partial charge in [-0.2, -0.15) is 0 Å². The molecule has 0 spiro atoms. The topological polar surface area (TPSA) is 123 Å². The summed E-state index contributed by atoms with van der Waals surface area (Å²) in [6.07, 6.45) is -2.69. The molecule has 2 saturated heterocycles. The summed E-state index contributed by atoms with van der Waals surface area (Å²) in [6.45, 7) is 4.28. The second kappa shape index (κ2) is 5.21. The summed E-state index contributed by atoms with van der Waals surface area (Å²) in [4.78, 5) is 11.3. The first kappa shape index (κ1) is 15.6. The van der Waals surface area contributed by atoms with Gasteiger partial charge in [-0.15, -0.1) is 0 Å². The van der Waals surface area contributed by atoms with Crippen LogP contribution in [0.4, 0.5) is 0 Å². The van der Waals surface area contributed by atoms with Crippen molar-refractivity contribution in [2.24, 2.45) is 5.73 Å². The summed E-state index contributed by atoms with van der Waals surface area (Å²) in [5.41, 5.74) is 4.43. The quantitative estimate of drug-likeness (QED) is 0.476. The Kier molecular flexibility index (Phi) is 4.07. The third kappa shape index (κ3) is 2.54. The van der Waals surface area contributed by atoms with Crippen molar-refractivity contribution in [2.75, 3.05) is 13.2 Å². The number of amides is 1. The Labute approximate surface area is 117 Å². The van der Waals surface area contributed by atoms with Crippen LogP contribution in [0.2, 0.25) is 0 Å². The van der Waals surface area contributed by atoms with E-state index >= 15 is 0 Å². The Morgan fingerprint density at radius 3 is 2.50 bits per heavy atom. The zero-order valence-electron chi connectivity index (χ0n) is 11.8. The van der Waals surface area contributed by atoms with E-state index in [2.05, 4.69) is 5.32 Å². The molecule has 20 heavy (non-hydrogen) atoms. The van der Waals surface area contributed by atoms with Crippen LogP contribution < -0.4 is 11.1 Å². The second-order valence-corrected chi connectivity index (χ2v) is 5.68. The van der Waals surface area contributed by atoms with E-state index in [-0.39, 0.29) is 12.5 Å². The fourth-order valence-corrected chi connectivity index (χ4v) is 2.75. The maximum absolute atomic E-state index is 11.3. The zero-order valence-corrected chi connectivity index (χ0v) is 11.8. The van der Waals surface area contributed by atoms with Crippen LogP contribution in [0.15, 0.2) is 0 Å². The summed E-state index contributed by atoms with van der Waals surface area (Å²) in [6, 6.07) is -0.787. The Bertz CT molecular complexity index is 384. The number of aliphatic hydroxyl groups is 2. The van der Waals surface area contributed by atoms with Crippen LogP contribution >= 0.6 is 0 Å². The van der Waals surface area contributed by atoms with E-state index in [4.69, 9.17) is 19.9 Å². The van der Waals surface area contributed by atoms with E-state index in [0.29, 0.717) is 0 Å². The minimum absolute atomic E-state index is 0.0477. The van der Waals surface area contributed by atoms with Gasteiger partial charge in [0.15, 0.2) is 12.1 Å². The van der Waals surface area contributed by atoms with Gasteiger partial charge in [0.2, 0.25) is 5.91 Å². The minimum atomic E-state index is -1.34. The number of fused-ring (bicyclic) bond motifs is 1. The van der Waals surface area contributed by atoms with E-state index in [1.165, 1.54) is 6.92 Å². The lowest BCUT2D eigenvalue weighted by Gasteiger charge is -2.47. The molecule has 1 amide bonds. The molecular formula is C12H22N2O6. The van der Waals surface area contributed by atoms with Gasteiger partial charge in [-0.3, -0.25) is 4.79 Å². The monoisotopic (exact) mass is 290 g/mol. The number of nitrogens with one attached hydrogen (secondary N) is 1. The Morgan fingerprint density at radius 2 is 2.00 bits per heavy atom. The van der Waals surface area contributed by atoms with Gasteiger partial charge >= 0.3 is 0 Å². The highest BCUT2D eigenvalue weighted by molar-refractivity contribution is 5.73. The highest BCUT2D eigenvalue weighted by Crippen LogP contribution is 2.41. The summed E-state index contributed by atoms with van der Waals surface area (Å²) in [5, 5.41) is 22.3. The van der Waals surface area contributed by atoms with Crippen LogP contribution in [0.3, 0.4) is 0 Å². The van der Waals surface area contributed by atoms with Gasteiger partial charge in [0.25, 0.3) is 0 Å². The highest BCUT2D eigenvalue weighted by atomic mass is 16.8. The molecule has 2 unspecified atom stereocenters. The maximum atomic E-state index is 11.3. The third-order valence-corrected chi connectivity index (χ3v) is 3.65. The highest BCUT2D eigenvalue weighted by Gasteiger charge is 2.61. The molecule has 0 aromatic heterocycles. The Balaban J connectivity index is 2.33. The number of rotatable bonds is 3. The smallest absolute Gasteiger partial charge is 0.217 e. The van der Waals surface area contributed by atoms with Crippen molar-refractivity contribution in [1.29, 1.82) is 0 Å². The van der Waals surface area contributed by atoms with Crippen molar-refractivity contribution >= 4 is 5.91 Å². The molecule has 5 N–H and O–H groups in total. The van der Waals surface area contributed by atoms with Gasteiger partial charge in [0, 0.05) is 13.5 Å². The predicted molar refractivity (Wildman–Crippen MR) is 67.4 cm³/mol. The summed E-state index contributed by atoms with van der Waals surface area (Å²) in [7, 11) is 0. The fourth-order valence-electron chi connectivity index (χ4n) is 2.75. The van der Waals surface area contributed by atoms with Gasteiger partial charge in [-0.25, -0.2) is 0 Å². The zero-order chi connectivity index (χ0) is 15.1. The van der Waals surface area contributed by atoms with Crippen molar-refractivity contribution in [3.63, 3.8) is 0 Å². The number of carbonyl (C=O) groups excluding carboxylic acids is 1. The molecule has 116 valence electrons. The molecular weight excluding hydrogens is 268 g/mol.